The second kappa shape index (κ2) is 4.09. The SMILES string of the molecule is Cc1cc(C2CCOC2)cc(C(F)(F)F)c1. The second-order valence-corrected chi connectivity index (χ2v) is 4.19. The molecule has 0 saturated carbocycles. The zero-order valence-electron chi connectivity index (χ0n) is 8.97. The quantitative estimate of drug-likeness (QED) is 0.717. The monoisotopic (exact) mass is 230 g/mol. The third kappa shape index (κ3) is 2.38. The molecule has 1 unspecified atom stereocenters. The van der Waals surface area contributed by atoms with Gasteiger partial charge in [-0.2, -0.15) is 13.2 Å². The van der Waals surface area contributed by atoms with Gasteiger partial charge in [0.1, 0.15) is 0 Å². The van der Waals surface area contributed by atoms with Crippen molar-refractivity contribution in [3.63, 3.8) is 0 Å². The van der Waals surface area contributed by atoms with Crippen molar-refractivity contribution in [2.75, 3.05) is 13.2 Å². The Bertz CT molecular complexity index is 378. The van der Waals surface area contributed by atoms with Gasteiger partial charge >= 0.3 is 6.18 Å². The van der Waals surface area contributed by atoms with Gasteiger partial charge in [-0.15, -0.1) is 0 Å². The van der Waals surface area contributed by atoms with Gasteiger partial charge < -0.3 is 4.74 Å². The summed E-state index contributed by atoms with van der Waals surface area (Å²) >= 11 is 0. The van der Waals surface area contributed by atoms with Crippen molar-refractivity contribution < 1.29 is 17.9 Å². The van der Waals surface area contributed by atoms with E-state index in [1.54, 1.807) is 6.92 Å². The molecule has 1 aromatic carbocycles. The van der Waals surface area contributed by atoms with Gasteiger partial charge in [-0.25, -0.2) is 0 Å². The fourth-order valence-electron chi connectivity index (χ4n) is 2.01. The minimum Gasteiger partial charge on any atom is -0.381 e. The number of aryl methyl sites for hydroxylation is 1. The summed E-state index contributed by atoms with van der Waals surface area (Å²) in [5.74, 6) is 0.112. The van der Waals surface area contributed by atoms with Gasteiger partial charge in [0, 0.05) is 12.5 Å². The topological polar surface area (TPSA) is 9.23 Å². The van der Waals surface area contributed by atoms with E-state index < -0.39 is 11.7 Å². The van der Waals surface area contributed by atoms with Crippen molar-refractivity contribution in [2.24, 2.45) is 0 Å². The Hall–Kier alpha value is -1.03. The maximum absolute atomic E-state index is 12.6. The molecule has 16 heavy (non-hydrogen) atoms. The van der Waals surface area contributed by atoms with Crippen LogP contribution in [0.3, 0.4) is 0 Å². The van der Waals surface area contributed by atoms with Crippen LogP contribution in [0.5, 0.6) is 0 Å². The van der Waals surface area contributed by atoms with Crippen LogP contribution in [0.4, 0.5) is 13.2 Å². The van der Waals surface area contributed by atoms with E-state index >= 15 is 0 Å². The molecule has 0 N–H and O–H groups in total. The molecule has 0 aliphatic carbocycles. The number of hydrogen-bond donors (Lipinski definition) is 0. The first kappa shape index (κ1) is 11.5. The molecular weight excluding hydrogens is 217 g/mol. The predicted octanol–water partition coefficient (Wildman–Crippen LogP) is 3.52. The van der Waals surface area contributed by atoms with Crippen LogP contribution in [0, 0.1) is 6.92 Å². The standard InChI is InChI=1S/C12H13F3O/c1-8-4-10(9-2-3-16-7-9)6-11(5-8)12(13,14)15/h4-6,9H,2-3,7H2,1H3. The van der Waals surface area contributed by atoms with Crippen molar-refractivity contribution in [3.05, 3.63) is 34.9 Å². The predicted molar refractivity (Wildman–Crippen MR) is 54.4 cm³/mol. The average molecular weight is 230 g/mol. The van der Waals surface area contributed by atoms with Crippen LogP contribution in [0.25, 0.3) is 0 Å². The summed E-state index contributed by atoms with van der Waals surface area (Å²) in [7, 11) is 0. The largest absolute Gasteiger partial charge is 0.416 e. The zero-order chi connectivity index (χ0) is 11.8. The minimum absolute atomic E-state index is 0.112. The van der Waals surface area contributed by atoms with E-state index in [2.05, 4.69) is 0 Å². The molecule has 1 fully saturated rings. The molecule has 0 bridgehead atoms. The third-order valence-corrected chi connectivity index (χ3v) is 2.83. The number of ether oxygens (including phenoxy) is 1. The van der Waals surface area contributed by atoms with Crippen LogP contribution in [-0.4, -0.2) is 13.2 Å². The lowest BCUT2D eigenvalue weighted by molar-refractivity contribution is -0.137. The van der Waals surface area contributed by atoms with Crippen LogP contribution in [0.2, 0.25) is 0 Å². The molecule has 88 valence electrons. The van der Waals surface area contributed by atoms with Crippen LogP contribution in [-0.2, 0) is 10.9 Å². The lowest BCUT2D eigenvalue weighted by Gasteiger charge is -2.13. The normalized spacial score (nSPS) is 21.4. The van der Waals surface area contributed by atoms with Crippen molar-refractivity contribution in [1.29, 1.82) is 0 Å². The summed E-state index contributed by atoms with van der Waals surface area (Å²) in [6.07, 6.45) is -3.46. The molecule has 0 aromatic heterocycles. The number of alkyl halides is 3. The van der Waals surface area contributed by atoms with Gasteiger partial charge in [-0.3, -0.25) is 0 Å². The highest BCUT2D eigenvalue weighted by Gasteiger charge is 2.31. The van der Waals surface area contributed by atoms with E-state index in [0.717, 1.165) is 12.0 Å². The highest BCUT2D eigenvalue weighted by molar-refractivity contribution is 5.33. The van der Waals surface area contributed by atoms with Crippen LogP contribution >= 0.6 is 0 Å². The Morgan fingerprint density at radius 1 is 1.25 bits per heavy atom. The summed E-state index contributed by atoms with van der Waals surface area (Å²) < 4.78 is 43.0. The molecule has 0 spiro atoms. The first-order chi connectivity index (χ1) is 7.47. The van der Waals surface area contributed by atoms with Gasteiger partial charge in [0.05, 0.1) is 12.2 Å². The second-order valence-electron chi connectivity index (χ2n) is 4.19. The molecule has 1 saturated heterocycles. The lowest BCUT2D eigenvalue weighted by Crippen LogP contribution is -2.08. The molecular formula is C12H13F3O. The molecule has 1 aliphatic rings. The highest BCUT2D eigenvalue weighted by Crippen LogP contribution is 2.34. The number of rotatable bonds is 1. The van der Waals surface area contributed by atoms with Crippen molar-refractivity contribution in [3.8, 4) is 0 Å². The molecule has 0 amide bonds. The highest BCUT2D eigenvalue weighted by atomic mass is 19.4. The van der Waals surface area contributed by atoms with E-state index in [1.807, 2.05) is 6.07 Å². The van der Waals surface area contributed by atoms with E-state index in [-0.39, 0.29) is 5.92 Å². The zero-order valence-corrected chi connectivity index (χ0v) is 8.97. The molecule has 1 heterocycles. The van der Waals surface area contributed by atoms with Gasteiger partial charge in [0.15, 0.2) is 0 Å². The van der Waals surface area contributed by atoms with Gasteiger partial charge in [-0.05, 0) is 31.0 Å². The molecule has 4 heteroatoms. The summed E-state index contributed by atoms with van der Waals surface area (Å²) in [5.41, 5.74) is 0.830. The Morgan fingerprint density at radius 2 is 2.00 bits per heavy atom. The number of halogens is 3. The van der Waals surface area contributed by atoms with Crippen LogP contribution < -0.4 is 0 Å². The smallest absolute Gasteiger partial charge is 0.381 e. The molecule has 1 aromatic rings. The van der Waals surface area contributed by atoms with E-state index in [9.17, 15) is 13.2 Å². The summed E-state index contributed by atoms with van der Waals surface area (Å²) in [4.78, 5) is 0. The summed E-state index contributed by atoms with van der Waals surface area (Å²) in [6, 6.07) is 4.24. The Kier molecular flexibility index (Phi) is 2.93. The average Bonchev–Trinajstić information content (AvgIpc) is 2.68. The Balaban J connectivity index is 2.35. The first-order valence-electron chi connectivity index (χ1n) is 5.23. The summed E-state index contributed by atoms with van der Waals surface area (Å²) in [5, 5.41) is 0. The lowest BCUT2D eigenvalue weighted by atomic mass is 9.94. The molecule has 0 radical (unpaired) electrons. The fraction of sp³-hybridized carbons (Fsp3) is 0.500. The Morgan fingerprint density at radius 3 is 2.56 bits per heavy atom. The fourth-order valence-corrected chi connectivity index (χ4v) is 2.01. The maximum atomic E-state index is 12.6. The molecule has 2 rings (SSSR count). The first-order valence-corrected chi connectivity index (χ1v) is 5.23. The van der Waals surface area contributed by atoms with Crippen molar-refractivity contribution in [1.82, 2.24) is 0 Å². The van der Waals surface area contributed by atoms with E-state index in [0.29, 0.717) is 18.8 Å². The summed E-state index contributed by atoms with van der Waals surface area (Å²) in [6.45, 7) is 2.86. The van der Waals surface area contributed by atoms with E-state index in [1.165, 1.54) is 12.1 Å². The van der Waals surface area contributed by atoms with Gasteiger partial charge in [0.25, 0.3) is 0 Å². The number of hydrogen-bond acceptors (Lipinski definition) is 1. The number of benzene rings is 1. The minimum atomic E-state index is -4.26. The third-order valence-electron chi connectivity index (χ3n) is 2.83. The molecule has 1 aliphatic heterocycles. The molecule has 1 atom stereocenters. The van der Waals surface area contributed by atoms with Crippen molar-refractivity contribution in [2.45, 2.75) is 25.4 Å². The van der Waals surface area contributed by atoms with Crippen LogP contribution in [0.15, 0.2) is 18.2 Å². The van der Waals surface area contributed by atoms with Gasteiger partial charge in [0.2, 0.25) is 0 Å². The Labute approximate surface area is 92.2 Å². The van der Waals surface area contributed by atoms with Crippen LogP contribution in [0.1, 0.15) is 29.0 Å². The van der Waals surface area contributed by atoms with Crippen molar-refractivity contribution >= 4 is 0 Å². The van der Waals surface area contributed by atoms with E-state index in [4.69, 9.17) is 4.74 Å². The van der Waals surface area contributed by atoms with Gasteiger partial charge in [-0.1, -0.05) is 11.6 Å². The molecule has 1 nitrogen and oxygen atoms in total. The maximum Gasteiger partial charge on any atom is 0.416 e.